The van der Waals surface area contributed by atoms with Gasteiger partial charge in [-0.25, -0.2) is 5.43 Å². The second-order valence-corrected chi connectivity index (χ2v) is 5.03. The Labute approximate surface area is 118 Å². The maximum absolute atomic E-state index is 11.7. The molecule has 0 spiro atoms. The molecule has 20 heavy (non-hydrogen) atoms. The van der Waals surface area contributed by atoms with E-state index in [1.54, 1.807) is 13.0 Å². The van der Waals surface area contributed by atoms with Crippen LogP contribution in [0.3, 0.4) is 0 Å². The zero-order chi connectivity index (χ0) is 14.5. The highest BCUT2D eigenvalue weighted by Gasteiger charge is 2.09. The van der Waals surface area contributed by atoms with Gasteiger partial charge in [0.2, 0.25) is 0 Å². The molecular weight excluding hydrogens is 254 g/mol. The van der Waals surface area contributed by atoms with Crippen molar-refractivity contribution < 1.29 is 9.32 Å². The first-order valence-corrected chi connectivity index (χ1v) is 6.61. The van der Waals surface area contributed by atoms with E-state index in [4.69, 9.17) is 4.52 Å². The number of rotatable bonds is 5. The van der Waals surface area contributed by atoms with Gasteiger partial charge in [-0.1, -0.05) is 43.3 Å². The first-order chi connectivity index (χ1) is 9.56. The van der Waals surface area contributed by atoms with Crippen LogP contribution in [-0.4, -0.2) is 11.1 Å². The molecule has 0 aliphatic carbocycles. The van der Waals surface area contributed by atoms with Gasteiger partial charge in [0, 0.05) is 12.6 Å². The molecule has 106 valence electrons. The quantitative estimate of drug-likeness (QED) is 0.822. The summed E-state index contributed by atoms with van der Waals surface area (Å²) in [5.41, 5.74) is 8.14. The Bertz CT molecular complexity index is 573. The Morgan fingerprint density at radius 1 is 1.30 bits per heavy atom. The van der Waals surface area contributed by atoms with Gasteiger partial charge in [0.1, 0.15) is 5.76 Å². The van der Waals surface area contributed by atoms with Crippen molar-refractivity contribution in [1.82, 2.24) is 16.0 Å². The molecular formula is C15H19N3O2. The highest BCUT2D eigenvalue weighted by Crippen LogP contribution is 2.14. The van der Waals surface area contributed by atoms with Gasteiger partial charge >= 0.3 is 0 Å². The maximum atomic E-state index is 11.7. The van der Waals surface area contributed by atoms with E-state index in [1.807, 2.05) is 0 Å². The molecule has 5 heteroatoms. The molecule has 2 rings (SSSR count). The molecule has 2 N–H and O–H groups in total. The minimum absolute atomic E-state index is 0.269. The Balaban J connectivity index is 1.82. The Kier molecular flexibility index (Phi) is 4.53. The van der Waals surface area contributed by atoms with E-state index in [9.17, 15) is 4.79 Å². The van der Waals surface area contributed by atoms with Gasteiger partial charge in [0.25, 0.3) is 5.91 Å². The summed E-state index contributed by atoms with van der Waals surface area (Å²) in [6.45, 7) is 6.62. The van der Waals surface area contributed by atoms with Crippen LogP contribution in [0.4, 0.5) is 0 Å². The molecule has 1 aromatic carbocycles. The molecule has 1 aromatic heterocycles. The van der Waals surface area contributed by atoms with Crippen LogP contribution in [0.5, 0.6) is 0 Å². The van der Waals surface area contributed by atoms with E-state index in [0.717, 1.165) is 5.56 Å². The normalized spacial score (nSPS) is 10.8. The van der Waals surface area contributed by atoms with Crippen molar-refractivity contribution in [2.24, 2.45) is 0 Å². The van der Waals surface area contributed by atoms with E-state index in [1.165, 1.54) is 5.56 Å². The van der Waals surface area contributed by atoms with Gasteiger partial charge < -0.3 is 4.52 Å². The van der Waals surface area contributed by atoms with Crippen LogP contribution in [-0.2, 0) is 6.54 Å². The number of nitrogens with one attached hydrogen (secondary N) is 2. The van der Waals surface area contributed by atoms with Gasteiger partial charge in [-0.3, -0.25) is 10.2 Å². The van der Waals surface area contributed by atoms with Crippen molar-refractivity contribution in [2.75, 3.05) is 0 Å². The van der Waals surface area contributed by atoms with Crippen molar-refractivity contribution >= 4 is 5.91 Å². The summed E-state index contributed by atoms with van der Waals surface area (Å²) in [6, 6.07) is 9.90. The van der Waals surface area contributed by atoms with Crippen LogP contribution >= 0.6 is 0 Å². The summed E-state index contributed by atoms with van der Waals surface area (Å²) in [5.74, 6) is 0.826. The standard InChI is InChI=1S/C15H19N3O2/c1-10(2)13-6-4-12(5-7-13)9-16-17-15(19)14-8-11(3)20-18-14/h4-8,10,16H,9H2,1-3H3,(H,17,19). The number of carbonyl (C=O) groups excluding carboxylic acids is 1. The first-order valence-electron chi connectivity index (χ1n) is 6.61. The maximum Gasteiger partial charge on any atom is 0.287 e. The predicted octanol–water partition coefficient (Wildman–Crippen LogP) is 2.54. The minimum Gasteiger partial charge on any atom is -0.361 e. The van der Waals surface area contributed by atoms with Crippen LogP contribution in [0.2, 0.25) is 0 Å². The number of hydrazine groups is 1. The predicted molar refractivity (Wildman–Crippen MR) is 76.1 cm³/mol. The van der Waals surface area contributed by atoms with Crippen LogP contribution in [0, 0.1) is 6.92 Å². The zero-order valence-electron chi connectivity index (χ0n) is 11.9. The van der Waals surface area contributed by atoms with Gasteiger partial charge in [-0.15, -0.1) is 0 Å². The highest BCUT2D eigenvalue weighted by atomic mass is 16.5. The van der Waals surface area contributed by atoms with Crippen molar-refractivity contribution in [3.8, 4) is 0 Å². The molecule has 2 aromatic rings. The number of aromatic nitrogens is 1. The molecule has 0 unspecified atom stereocenters. The van der Waals surface area contributed by atoms with E-state index in [2.05, 4.69) is 54.1 Å². The number of hydrogen-bond donors (Lipinski definition) is 2. The average Bonchev–Trinajstić information content (AvgIpc) is 2.86. The second-order valence-electron chi connectivity index (χ2n) is 5.03. The van der Waals surface area contributed by atoms with Crippen molar-refractivity contribution in [3.05, 3.63) is 52.9 Å². The van der Waals surface area contributed by atoms with Crippen molar-refractivity contribution in [2.45, 2.75) is 33.2 Å². The van der Waals surface area contributed by atoms with Gasteiger partial charge in [-0.2, -0.15) is 0 Å². The Hall–Kier alpha value is -2.14. The summed E-state index contributed by atoms with van der Waals surface area (Å²) in [6.07, 6.45) is 0. The highest BCUT2D eigenvalue weighted by molar-refractivity contribution is 5.91. The fourth-order valence-electron chi connectivity index (χ4n) is 1.78. The fraction of sp³-hybridized carbons (Fsp3) is 0.333. The molecule has 0 saturated carbocycles. The number of hydrogen-bond acceptors (Lipinski definition) is 4. The molecule has 0 saturated heterocycles. The van der Waals surface area contributed by atoms with E-state index in [0.29, 0.717) is 18.2 Å². The fourth-order valence-corrected chi connectivity index (χ4v) is 1.78. The lowest BCUT2D eigenvalue weighted by Gasteiger charge is -2.08. The third kappa shape index (κ3) is 3.68. The van der Waals surface area contributed by atoms with Crippen LogP contribution in [0.15, 0.2) is 34.9 Å². The lowest BCUT2D eigenvalue weighted by atomic mass is 10.0. The average molecular weight is 273 g/mol. The second kappa shape index (κ2) is 6.34. The summed E-state index contributed by atoms with van der Waals surface area (Å²) < 4.78 is 4.85. The molecule has 0 aliphatic heterocycles. The number of nitrogens with zero attached hydrogens (tertiary/aromatic N) is 1. The summed E-state index contributed by atoms with van der Waals surface area (Å²) >= 11 is 0. The lowest BCUT2D eigenvalue weighted by Crippen LogP contribution is -2.36. The first kappa shape index (κ1) is 14.3. The van der Waals surface area contributed by atoms with Crippen LogP contribution in [0.1, 0.15) is 47.1 Å². The molecule has 5 nitrogen and oxygen atoms in total. The van der Waals surface area contributed by atoms with Crippen molar-refractivity contribution in [3.63, 3.8) is 0 Å². The van der Waals surface area contributed by atoms with Gasteiger partial charge in [0.15, 0.2) is 5.69 Å². The Morgan fingerprint density at radius 3 is 2.55 bits per heavy atom. The molecule has 0 radical (unpaired) electrons. The third-order valence-corrected chi connectivity index (χ3v) is 3.00. The summed E-state index contributed by atoms with van der Waals surface area (Å²) in [5, 5.41) is 3.65. The molecule has 1 heterocycles. The number of amides is 1. The monoisotopic (exact) mass is 273 g/mol. The molecule has 0 bridgehead atoms. The van der Waals surface area contributed by atoms with Gasteiger partial charge in [-0.05, 0) is 24.0 Å². The third-order valence-electron chi connectivity index (χ3n) is 3.00. The summed E-state index contributed by atoms with van der Waals surface area (Å²) in [4.78, 5) is 11.7. The molecule has 1 amide bonds. The smallest absolute Gasteiger partial charge is 0.287 e. The topological polar surface area (TPSA) is 67.2 Å². The van der Waals surface area contributed by atoms with E-state index in [-0.39, 0.29) is 11.6 Å². The van der Waals surface area contributed by atoms with Crippen LogP contribution < -0.4 is 10.9 Å². The number of carbonyl (C=O) groups is 1. The zero-order valence-corrected chi connectivity index (χ0v) is 11.9. The Morgan fingerprint density at radius 2 is 2.00 bits per heavy atom. The van der Waals surface area contributed by atoms with E-state index < -0.39 is 0 Å². The minimum atomic E-state index is -0.305. The lowest BCUT2D eigenvalue weighted by molar-refractivity contribution is 0.0923. The largest absolute Gasteiger partial charge is 0.361 e. The number of aryl methyl sites for hydroxylation is 1. The van der Waals surface area contributed by atoms with E-state index >= 15 is 0 Å². The SMILES string of the molecule is Cc1cc(C(=O)NNCc2ccc(C(C)C)cc2)no1. The summed E-state index contributed by atoms with van der Waals surface area (Å²) in [7, 11) is 0. The van der Waals surface area contributed by atoms with Gasteiger partial charge in [0.05, 0.1) is 0 Å². The molecule has 0 aliphatic rings. The van der Waals surface area contributed by atoms with Crippen molar-refractivity contribution in [1.29, 1.82) is 0 Å². The van der Waals surface area contributed by atoms with Crippen LogP contribution in [0.25, 0.3) is 0 Å². The number of benzene rings is 1. The molecule has 0 atom stereocenters. The molecule has 0 fully saturated rings.